The Kier molecular flexibility index (Phi) is 5.62. The van der Waals surface area contributed by atoms with E-state index in [4.69, 9.17) is 9.84 Å². The molecule has 6 nitrogen and oxygen atoms in total. The number of aromatic hydroxyl groups is 1. The van der Waals surface area contributed by atoms with Crippen LogP contribution in [-0.4, -0.2) is 55.3 Å². The van der Waals surface area contributed by atoms with E-state index < -0.39 is 5.82 Å². The molecule has 0 spiro atoms. The van der Waals surface area contributed by atoms with Gasteiger partial charge in [-0.3, -0.25) is 4.79 Å². The lowest BCUT2D eigenvalue weighted by Gasteiger charge is -2.29. The van der Waals surface area contributed by atoms with E-state index in [9.17, 15) is 14.3 Å². The fraction of sp³-hybridized carbons (Fsp3) is 0.318. The van der Waals surface area contributed by atoms with Gasteiger partial charge in [0.1, 0.15) is 50.8 Å². The maximum atomic E-state index is 14.0. The summed E-state index contributed by atoms with van der Waals surface area (Å²) in [5, 5.41) is 19.5. The first-order valence-electron chi connectivity index (χ1n) is 9.88. The summed E-state index contributed by atoms with van der Waals surface area (Å²) in [4.78, 5) is 15.4. The standard InChI is InChI=1S/C22H23FN2O4/c23-18-4-2-1-3-15(18)13-20-21(28)16-5-6-19(27)17(22(16)29-20)14-25-9-7-24(8-10-25)11-12-26/h1-6,13,26-27H,7-12,14H2/p+2/b20-13-. The Morgan fingerprint density at radius 2 is 1.79 bits per heavy atom. The number of halogens is 1. The lowest BCUT2D eigenvalue weighted by Crippen LogP contribution is -3.27. The Hall–Kier alpha value is -2.74. The van der Waals surface area contributed by atoms with Gasteiger partial charge < -0.3 is 24.7 Å². The number of piperazine rings is 1. The molecule has 4 N–H and O–H groups in total. The van der Waals surface area contributed by atoms with Gasteiger partial charge in [0.15, 0.2) is 11.5 Å². The van der Waals surface area contributed by atoms with Crippen LogP contribution in [0.3, 0.4) is 0 Å². The van der Waals surface area contributed by atoms with Gasteiger partial charge in [0.2, 0.25) is 5.78 Å². The number of Topliss-reactive ketones (excluding diaryl/α,β-unsaturated/α-hetero) is 1. The molecule has 0 amide bonds. The Morgan fingerprint density at radius 1 is 1.07 bits per heavy atom. The van der Waals surface area contributed by atoms with E-state index in [0.717, 1.165) is 32.7 Å². The number of rotatable bonds is 5. The van der Waals surface area contributed by atoms with E-state index in [1.54, 1.807) is 24.3 Å². The molecule has 1 fully saturated rings. The number of nitrogens with one attached hydrogen (secondary N) is 2. The second kappa shape index (κ2) is 8.32. The summed E-state index contributed by atoms with van der Waals surface area (Å²) in [6.07, 6.45) is 1.41. The van der Waals surface area contributed by atoms with Gasteiger partial charge in [-0.2, -0.15) is 0 Å². The first-order valence-corrected chi connectivity index (χ1v) is 9.88. The van der Waals surface area contributed by atoms with Gasteiger partial charge in [0.05, 0.1) is 17.7 Å². The van der Waals surface area contributed by atoms with Gasteiger partial charge in [0.25, 0.3) is 0 Å². The number of allylic oxidation sites excluding steroid dienone is 1. The number of phenols is 1. The van der Waals surface area contributed by atoms with Crippen molar-refractivity contribution in [3.05, 3.63) is 64.7 Å². The minimum atomic E-state index is -0.428. The van der Waals surface area contributed by atoms with E-state index >= 15 is 0 Å². The molecule has 152 valence electrons. The normalized spacial score (nSPS) is 22.6. The molecule has 0 aliphatic carbocycles. The number of hydrogen-bond donors (Lipinski definition) is 4. The van der Waals surface area contributed by atoms with Crippen LogP contribution in [0.2, 0.25) is 0 Å². The molecule has 0 aromatic heterocycles. The van der Waals surface area contributed by atoms with E-state index in [0.29, 0.717) is 23.4 Å². The van der Waals surface area contributed by atoms with Crippen LogP contribution in [-0.2, 0) is 6.54 Å². The molecule has 0 unspecified atom stereocenters. The largest absolute Gasteiger partial charge is 0.507 e. The smallest absolute Gasteiger partial charge is 0.231 e. The molecule has 2 aromatic rings. The van der Waals surface area contributed by atoms with Crippen LogP contribution < -0.4 is 14.5 Å². The first-order chi connectivity index (χ1) is 14.1. The highest BCUT2D eigenvalue weighted by Crippen LogP contribution is 2.39. The molecular weight excluding hydrogens is 375 g/mol. The van der Waals surface area contributed by atoms with Gasteiger partial charge >= 0.3 is 0 Å². The summed E-state index contributed by atoms with van der Waals surface area (Å²) < 4.78 is 19.8. The first kappa shape index (κ1) is 19.6. The number of quaternary nitrogens is 2. The quantitative estimate of drug-likeness (QED) is 0.507. The fourth-order valence-electron chi connectivity index (χ4n) is 3.99. The fourth-order valence-corrected chi connectivity index (χ4v) is 3.99. The van der Waals surface area contributed by atoms with Crippen molar-refractivity contribution in [3.8, 4) is 11.5 Å². The van der Waals surface area contributed by atoms with Crippen molar-refractivity contribution < 1.29 is 33.9 Å². The number of aliphatic hydroxyl groups is 1. The summed E-state index contributed by atoms with van der Waals surface area (Å²) >= 11 is 0. The summed E-state index contributed by atoms with van der Waals surface area (Å²) in [5.41, 5.74) is 1.28. The van der Waals surface area contributed by atoms with Crippen molar-refractivity contribution in [1.82, 2.24) is 0 Å². The zero-order chi connectivity index (χ0) is 20.4. The Bertz CT molecular complexity index is 952. The number of aliphatic hydroxyl groups excluding tert-OH is 1. The second-order valence-electron chi connectivity index (χ2n) is 7.55. The molecule has 0 radical (unpaired) electrons. The van der Waals surface area contributed by atoms with E-state index in [1.807, 2.05) is 0 Å². The number of hydrogen-bond acceptors (Lipinski definition) is 4. The molecule has 29 heavy (non-hydrogen) atoms. The molecule has 0 atom stereocenters. The highest BCUT2D eigenvalue weighted by atomic mass is 19.1. The third-order valence-corrected chi connectivity index (χ3v) is 5.66. The number of benzene rings is 2. The van der Waals surface area contributed by atoms with Crippen LogP contribution in [0.15, 0.2) is 42.2 Å². The van der Waals surface area contributed by atoms with Gasteiger partial charge in [0, 0.05) is 5.56 Å². The zero-order valence-corrected chi connectivity index (χ0v) is 16.1. The summed E-state index contributed by atoms with van der Waals surface area (Å²) in [7, 11) is 0. The van der Waals surface area contributed by atoms with E-state index in [2.05, 4.69) is 0 Å². The third-order valence-electron chi connectivity index (χ3n) is 5.66. The summed E-state index contributed by atoms with van der Waals surface area (Å²) in [6.45, 7) is 5.19. The predicted molar refractivity (Wildman–Crippen MR) is 104 cm³/mol. The Labute approximate surface area is 168 Å². The summed E-state index contributed by atoms with van der Waals surface area (Å²) in [6, 6.07) is 9.27. The number of carbonyl (C=O) groups is 1. The second-order valence-corrected chi connectivity index (χ2v) is 7.55. The van der Waals surface area contributed by atoms with Crippen LogP contribution in [0.5, 0.6) is 11.5 Å². The van der Waals surface area contributed by atoms with Gasteiger partial charge in [-0.05, 0) is 24.3 Å². The molecule has 0 saturated carbocycles. The average Bonchev–Trinajstić information content (AvgIpc) is 3.03. The summed E-state index contributed by atoms with van der Waals surface area (Å²) in [5.74, 6) is -0.208. The maximum Gasteiger partial charge on any atom is 0.231 e. The van der Waals surface area contributed by atoms with Gasteiger partial charge in [-0.25, -0.2) is 4.39 Å². The molecule has 7 heteroatoms. The van der Waals surface area contributed by atoms with Gasteiger partial charge in [-0.1, -0.05) is 18.2 Å². The minimum absolute atomic E-state index is 0.0594. The molecule has 2 aromatic carbocycles. The van der Waals surface area contributed by atoms with Crippen molar-refractivity contribution in [2.24, 2.45) is 0 Å². The van der Waals surface area contributed by atoms with Crippen LogP contribution in [0.4, 0.5) is 4.39 Å². The SMILES string of the molecule is O=C1/C(=C/c2ccccc2F)Oc2c1ccc(O)c2C[NH+]1CC[NH+](CCO)CC1. The van der Waals surface area contributed by atoms with Crippen molar-refractivity contribution >= 4 is 11.9 Å². The number of carbonyl (C=O) groups excluding carboxylic acids is 1. The predicted octanol–water partition coefficient (Wildman–Crippen LogP) is -0.577. The maximum absolute atomic E-state index is 14.0. The van der Waals surface area contributed by atoms with Crippen LogP contribution in [0.25, 0.3) is 6.08 Å². The van der Waals surface area contributed by atoms with Crippen molar-refractivity contribution in [2.75, 3.05) is 39.3 Å². The Morgan fingerprint density at radius 3 is 2.52 bits per heavy atom. The number of ether oxygens (including phenoxy) is 1. The molecule has 0 bridgehead atoms. The molecule has 2 heterocycles. The highest BCUT2D eigenvalue weighted by molar-refractivity contribution is 6.15. The molecule has 1 saturated heterocycles. The monoisotopic (exact) mass is 400 g/mol. The van der Waals surface area contributed by atoms with Crippen LogP contribution in [0, 0.1) is 5.82 Å². The van der Waals surface area contributed by atoms with E-state index in [-0.39, 0.29) is 29.5 Å². The molecule has 4 rings (SSSR count). The average molecular weight is 400 g/mol. The molecule has 2 aliphatic heterocycles. The van der Waals surface area contributed by atoms with Crippen LogP contribution in [0.1, 0.15) is 21.5 Å². The van der Waals surface area contributed by atoms with Crippen molar-refractivity contribution in [2.45, 2.75) is 6.54 Å². The minimum Gasteiger partial charge on any atom is -0.507 e. The zero-order valence-electron chi connectivity index (χ0n) is 16.1. The Balaban J connectivity index is 1.56. The molecular formula is C22H25FN2O4+2. The van der Waals surface area contributed by atoms with Crippen LogP contribution >= 0.6 is 0 Å². The van der Waals surface area contributed by atoms with Crippen molar-refractivity contribution in [3.63, 3.8) is 0 Å². The number of phenolic OH excluding ortho intramolecular Hbond substituents is 1. The topological polar surface area (TPSA) is 75.6 Å². The van der Waals surface area contributed by atoms with Crippen molar-refractivity contribution in [1.29, 1.82) is 0 Å². The number of ketones is 1. The number of fused-ring (bicyclic) bond motifs is 1. The van der Waals surface area contributed by atoms with E-state index in [1.165, 1.54) is 28.0 Å². The highest BCUT2D eigenvalue weighted by Gasteiger charge is 2.33. The lowest BCUT2D eigenvalue weighted by molar-refractivity contribution is -1.02. The lowest BCUT2D eigenvalue weighted by atomic mass is 10.0. The van der Waals surface area contributed by atoms with Gasteiger partial charge in [-0.15, -0.1) is 0 Å². The molecule has 2 aliphatic rings. The third kappa shape index (κ3) is 4.03.